The molecule has 5 aromatic rings. The second-order valence-electron chi connectivity index (χ2n) is 8.50. The van der Waals surface area contributed by atoms with E-state index in [0.29, 0.717) is 11.1 Å². The molecule has 2 aliphatic rings. The molecule has 34 heavy (non-hydrogen) atoms. The lowest BCUT2D eigenvalue weighted by Crippen LogP contribution is -2.42. The van der Waals surface area contributed by atoms with Crippen LogP contribution in [0, 0.1) is 0 Å². The van der Waals surface area contributed by atoms with Crippen molar-refractivity contribution in [2.45, 2.75) is 5.41 Å². The van der Waals surface area contributed by atoms with Crippen molar-refractivity contribution in [2.24, 2.45) is 0 Å². The summed E-state index contributed by atoms with van der Waals surface area (Å²) in [5, 5.41) is 0. The van der Waals surface area contributed by atoms with E-state index in [9.17, 15) is 4.79 Å². The maximum absolute atomic E-state index is 13.6. The third-order valence-corrected chi connectivity index (χ3v) is 6.95. The van der Waals surface area contributed by atoms with Gasteiger partial charge in [-0.2, -0.15) is 0 Å². The Morgan fingerprint density at radius 2 is 1.12 bits per heavy atom. The number of rotatable bonds is 1. The molecule has 2 aromatic carbocycles. The van der Waals surface area contributed by atoms with Crippen LogP contribution in [0.3, 0.4) is 0 Å². The van der Waals surface area contributed by atoms with Crippen LogP contribution in [-0.2, 0) is 5.41 Å². The monoisotopic (exact) mass is 438 g/mol. The quantitative estimate of drug-likeness (QED) is 0.335. The molecule has 0 N–H and O–H groups in total. The number of para-hydroxylation sites is 1. The Morgan fingerprint density at radius 3 is 1.82 bits per heavy atom. The zero-order chi connectivity index (χ0) is 22.7. The molecule has 4 heterocycles. The van der Waals surface area contributed by atoms with Gasteiger partial charge in [-0.15, -0.1) is 0 Å². The van der Waals surface area contributed by atoms with Gasteiger partial charge >= 0.3 is 0 Å². The highest BCUT2D eigenvalue weighted by molar-refractivity contribution is 6.14. The van der Waals surface area contributed by atoms with E-state index in [1.54, 1.807) is 12.4 Å². The zero-order valence-electron chi connectivity index (χ0n) is 18.1. The molecule has 0 amide bonds. The molecule has 1 aliphatic carbocycles. The van der Waals surface area contributed by atoms with Crippen LogP contribution in [0.5, 0.6) is 0 Å². The van der Waals surface area contributed by atoms with Crippen LogP contribution < -0.4 is 4.90 Å². The summed E-state index contributed by atoms with van der Waals surface area (Å²) in [6.45, 7) is 0. The molecule has 5 heteroatoms. The highest BCUT2D eigenvalue weighted by Crippen LogP contribution is 2.59. The summed E-state index contributed by atoms with van der Waals surface area (Å²) in [7, 11) is 0. The van der Waals surface area contributed by atoms with E-state index in [-0.39, 0.29) is 5.78 Å². The fraction of sp³-hybridized carbons (Fsp3) is 0.0345. The van der Waals surface area contributed by atoms with Crippen LogP contribution in [0.2, 0.25) is 0 Å². The second-order valence-corrected chi connectivity index (χ2v) is 8.50. The first-order valence-corrected chi connectivity index (χ1v) is 11.1. The first-order chi connectivity index (χ1) is 16.8. The van der Waals surface area contributed by atoms with E-state index < -0.39 is 5.41 Å². The first kappa shape index (κ1) is 18.9. The van der Waals surface area contributed by atoms with Gasteiger partial charge in [-0.1, -0.05) is 42.5 Å². The van der Waals surface area contributed by atoms with Crippen LogP contribution in [0.4, 0.5) is 17.1 Å². The molecular weight excluding hydrogens is 420 g/mol. The summed E-state index contributed by atoms with van der Waals surface area (Å²) in [5.41, 5.74) is 7.59. The Morgan fingerprint density at radius 1 is 0.559 bits per heavy atom. The normalized spacial score (nSPS) is 14.7. The fourth-order valence-electron chi connectivity index (χ4n) is 5.67. The van der Waals surface area contributed by atoms with Crippen molar-refractivity contribution in [3.8, 4) is 0 Å². The van der Waals surface area contributed by atoms with Gasteiger partial charge in [0.25, 0.3) is 0 Å². The van der Waals surface area contributed by atoms with Gasteiger partial charge in [0.05, 0.1) is 29.2 Å². The van der Waals surface area contributed by atoms with Crippen molar-refractivity contribution in [2.75, 3.05) is 4.90 Å². The van der Waals surface area contributed by atoms with Crippen molar-refractivity contribution in [1.29, 1.82) is 0 Å². The maximum atomic E-state index is 13.6. The van der Waals surface area contributed by atoms with Gasteiger partial charge in [0.15, 0.2) is 5.78 Å². The zero-order valence-corrected chi connectivity index (χ0v) is 18.1. The van der Waals surface area contributed by atoms with E-state index in [2.05, 4.69) is 50.2 Å². The van der Waals surface area contributed by atoms with Gasteiger partial charge in [0.1, 0.15) is 0 Å². The van der Waals surface area contributed by atoms with E-state index in [1.807, 2.05) is 67.3 Å². The van der Waals surface area contributed by atoms with E-state index >= 15 is 0 Å². The van der Waals surface area contributed by atoms with Crippen molar-refractivity contribution in [1.82, 2.24) is 15.0 Å². The number of nitrogens with zero attached hydrogens (tertiary/aromatic N) is 4. The molecule has 0 fully saturated rings. The number of aromatic nitrogens is 3. The number of carbonyl (C=O) groups is 1. The predicted molar refractivity (Wildman–Crippen MR) is 130 cm³/mol. The first-order valence-electron chi connectivity index (χ1n) is 11.1. The van der Waals surface area contributed by atoms with Gasteiger partial charge in [-0.05, 0) is 52.6 Å². The number of anilines is 3. The fourth-order valence-corrected chi connectivity index (χ4v) is 5.67. The number of pyridine rings is 3. The summed E-state index contributed by atoms with van der Waals surface area (Å²) in [5.74, 6) is 0.000950. The van der Waals surface area contributed by atoms with Gasteiger partial charge in [-0.25, -0.2) is 0 Å². The van der Waals surface area contributed by atoms with E-state index in [4.69, 9.17) is 0 Å². The Labute approximate surface area is 196 Å². The number of hydrogen-bond acceptors (Lipinski definition) is 5. The largest absolute Gasteiger partial charge is 0.307 e. The summed E-state index contributed by atoms with van der Waals surface area (Å²) in [6.07, 6.45) is 10.9. The average Bonchev–Trinajstić information content (AvgIpc) is 2.91. The van der Waals surface area contributed by atoms with Gasteiger partial charge in [-0.3, -0.25) is 19.7 Å². The molecule has 0 saturated heterocycles. The molecule has 5 nitrogen and oxygen atoms in total. The molecule has 1 spiro atoms. The Kier molecular flexibility index (Phi) is 3.85. The minimum atomic E-state index is -0.704. The molecule has 3 aromatic heterocycles. The van der Waals surface area contributed by atoms with Crippen molar-refractivity contribution in [3.05, 3.63) is 143 Å². The van der Waals surface area contributed by atoms with Crippen LogP contribution in [0.1, 0.15) is 38.2 Å². The predicted octanol–water partition coefficient (Wildman–Crippen LogP) is 5.58. The van der Waals surface area contributed by atoms with Crippen LogP contribution in [-0.4, -0.2) is 20.7 Å². The van der Waals surface area contributed by atoms with Crippen LogP contribution >= 0.6 is 0 Å². The van der Waals surface area contributed by atoms with Gasteiger partial charge in [0, 0.05) is 41.6 Å². The van der Waals surface area contributed by atoms with Crippen molar-refractivity contribution < 1.29 is 4.79 Å². The number of fused-ring (bicyclic) bond motifs is 8. The number of hydrogen-bond donors (Lipinski definition) is 0. The Bertz CT molecular complexity index is 1500. The van der Waals surface area contributed by atoms with Crippen LogP contribution in [0.15, 0.2) is 110 Å². The maximum Gasteiger partial charge on any atom is 0.195 e. The molecule has 1 aliphatic heterocycles. The van der Waals surface area contributed by atoms with E-state index in [0.717, 1.165) is 39.3 Å². The van der Waals surface area contributed by atoms with Crippen LogP contribution in [0.25, 0.3) is 0 Å². The minimum Gasteiger partial charge on any atom is -0.307 e. The van der Waals surface area contributed by atoms with Gasteiger partial charge < -0.3 is 4.90 Å². The molecule has 160 valence electrons. The minimum absolute atomic E-state index is 0.000950. The second kappa shape index (κ2) is 6.93. The summed E-state index contributed by atoms with van der Waals surface area (Å²) in [4.78, 5) is 29.1. The molecule has 7 rings (SSSR count). The Hall–Kier alpha value is -4.64. The lowest BCUT2D eigenvalue weighted by atomic mass is 9.58. The molecular formula is C29H18N4O. The molecule has 0 saturated carbocycles. The SMILES string of the molecule is O=C1c2ccccc2C2(c3ccncc31)c1ccncc1N(c1ccccc1)c1cnccc12. The number of carbonyl (C=O) groups excluding carboxylic acids is 1. The topological polar surface area (TPSA) is 59.0 Å². The molecule has 0 atom stereocenters. The smallest absolute Gasteiger partial charge is 0.195 e. The number of ketones is 1. The Balaban J connectivity index is 1.69. The highest BCUT2D eigenvalue weighted by atomic mass is 16.1. The molecule has 0 unspecified atom stereocenters. The summed E-state index contributed by atoms with van der Waals surface area (Å²) >= 11 is 0. The number of benzene rings is 2. The van der Waals surface area contributed by atoms with Crippen molar-refractivity contribution in [3.63, 3.8) is 0 Å². The summed E-state index contributed by atoms with van der Waals surface area (Å²) in [6, 6.07) is 24.3. The average molecular weight is 438 g/mol. The third-order valence-electron chi connectivity index (χ3n) is 6.95. The lowest BCUT2D eigenvalue weighted by molar-refractivity contribution is 0.103. The highest BCUT2D eigenvalue weighted by Gasteiger charge is 2.51. The standard InChI is InChI=1S/C29H18N4O/c34-28-20-8-4-5-9-22(20)29(23-10-13-30-16-21(23)28)24-11-14-31-17-26(24)33(19-6-2-1-3-7-19)27-18-32-15-12-25(27)29/h1-18H. The summed E-state index contributed by atoms with van der Waals surface area (Å²) < 4.78 is 0. The van der Waals surface area contributed by atoms with Crippen molar-refractivity contribution >= 4 is 22.8 Å². The van der Waals surface area contributed by atoms with E-state index in [1.165, 1.54) is 0 Å². The molecule has 0 bridgehead atoms. The van der Waals surface area contributed by atoms with Gasteiger partial charge in [0.2, 0.25) is 0 Å². The third kappa shape index (κ3) is 2.28. The molecule has 0 radical (unpaired) electrons. The lowest BCUT2D eigenvalue weighted by Gasteiger charge is -2.48.